The summed E-state index contributed by atoms with van der Waals surface area (Å²) in [5, 5.41) is 0. The Morgan fingerprint density at radius 3 is 2.00 bits per heavy atom. The fourth-order valence-electron chi connectivity index (χ4n) is 0.673. The third-order valence-electron chi connectivity index (χ3n) is 1.18. The van der Waals surface area contributed by atoms with E-state index in [0.29, 0.717) is 0 Å². The molecular weight excluding hydrogens is 177 g/mol. The molecule has 0 saturated carbocycles. The van der Waals surface area contributed by atoms with Crippen molar-refractivity contribution in [2.45, 2.75) is 6.92 Å². The normalized spacial score (nSPS) is 8.10. The number of hydrogen-bond donors (Lipinski definition) is 0. The zero-order valence-electron chi connectivity index (χ0n) is 6.00. The maximum Gasteiger partial charge on any atom is 0.159 e. The molecule has 0 aromatic heterocycles. The van der Waals surface area contributed by atoms with Gasteiger partial charge in [-0.25, -0.2) is 0 Å². The van der Waals surface area contributed by atoms with E-state index < -0.39 is 0 Å². The molecule has 0 fully saturated rings. The molecule has 1 aromatic carbocycles. The van der Waals surface area contributed by atoms with Gasteiger partial charge in [0.15, 0.2) is 5.78 Å². The van der Waals surface area contributed by atoms with E-state index in [1.165, 1.54) is 0 Å². The van der Waals surface area contributed by atoms with Crippen molar-refractivity contribution >= 4 is 5.78 Å². The molecule has 0 radical (unpaired) electrons. The SMILES string of the molecule is CC(=O)c1ccccc1.[Zn]. The number of rotatable bonds is 1. The van der Waals surface area contributed by atoms with Gasteiger partial charge in [0.25, 0.3) is 0 Å². The molecular formula is C8H8OZn. The van der Waals surface area contributed by atoms with Crippen LogP contribution in [0.25, 0.3) is 0 Å². The molecule has 0 aliphatic rings. The first-order valence-electron chi connectivity index (χ1n) is 2.86. The maximum absolute atomic E-state index is 10.6. The van der Waals surface area contributed by atoms with Gasteiger partial charge in [-0.3, -0.25) is 4.79 Å². The summed E-state index contributed by atoms with van der Waals surface area (Å²) in [6.07, 6.45) is 0. The fraction of sp³-hybridized carbons (Fsp3) is 0.125. The Hall–Kier alpha value is -0.487. The van der Waals surface area contributed by atoms with Gasteiger partial charge in [-0.1, -0.05) is 30.3 Å². The summed E-state index contributed by atoms with van der Waals surface area (Å²) < 4.78 is 0. The largest absolute Gasteiger partial charge is 0.295 e. The molecule has 0 atom stereocenters. The molecule has 0 N–H and O–H groups in total. The quantitative estimate of drug-likeness (QED) is 0.482. The summed E-state index contributed by atoms with van der Waals surface area (Å²) in [6.45, 7) is 1.56. The Bertz CT molecular complexity index is 206. The zero-order valence-corrected chi connectivity index (χ0v) is 8.97. The van der Waals surface area contributed by atoms with E-state index >= 15 is 0 Å². The van der Waals surface area contributed by atoms with Crippen molar-refractivity contribution in [3.05, 3.63) is 35.9 Å². The second-order valence-corrected chi connectivity index (χ2v) is 1.92. The van der Waals surface area contributed by atoms with E-state index in [1.54, 1.807) is 6.92 Å². The van der Waals surface area contributed by atoms with Gasteiger partial charge >= 0.3 is 0 Å². The van der Waals surface area contributed by atoms with Gasteiger partial charge in [0.05, 0.1) is 0 Å². The topological polar surface area (TPSA) is 17.1 Å². The molecule has 0 bridgehead atoms. The minimum Gasteiger partial charge on any atom is -0.295 e. The van der Waals surface area contributed by atoms with Crippen LogP contribution >= 0.6 is 0 Å². The summed E-state index contributed by atoms with van der Waals surface area (Å²) in [5.41, 5.74) is 0.775. The Kier molecular flexibility index (Phi) is 4.14. The Balaban J connectivity index is 0.000000810. The average Bonchev–Trinajstić information content (AvgIpc) is 1.90. The predicted molar refractivity (Wildman–Crippen MR) is 36.4 cm³/mol. The van der Waals surface area contributed by atoms with E-state index in [4.69, 9.17) is 0 Å². The van der Waals surface area contributed by atoms with Crippen LogP contribution in [0.15, 0.2) is 30.3 Å². The van der Waals surface area contributed by atoms with Gasteiger partial charge < -0.3 is 0 Å². The van der Waals surface area contributed by atoms with Crippen LogP contribution in [0, 0.1) is 0 Å². The van der Waals surface area contributed by atoms with E-state index in [9.17, 15) is 4.79 Å². The van der Waals surface area contributed by atoms with Gasteiger partial charge in [0.1, 0.15) is 0 Å². The van der Waals surface area contributed by atoms with Crippen LogP contribution < -0.4 is 0 Å². The van der Waals surface area contributed by atoms with Crippen molar-refractivity contribution in [2.75, 3.05) is 0 Å². The first-order valence-corrected chi connectivity index (χ1v) is 2.86. The first-order chi connectivity index (χ1) is 4.30. The van der Waals surface area contributed by atoms with Gasteiger partial charge in [-0.05, 0) is 6.92 Å². The number of carbonyl (C=O) groups excluding carboxylic acids is 1. The van der Waals surface area contributed by atoms with E-state index in [2.05, 4.69) is 0 Å². The smallest absolute Gasteiger partial charge is 0.159 e. The van der Waals surface area contributed by atoms with Gasteiger partial charge in [0, 0.05) is 25.0 Å². The Morgan fingerprint density at radius 1 is 1.20 bits per heavy atom. The zero-order chi connectivity index (χ0) is 6.69. The van der Waals surface area contributed by atoms with Crippen LogP contribution in [0.2, 0.25) is 0 Å². The monoisotopic (exact) mass is 184 g/mol. The van der Waals surface area contributed by atoms with Crippen LogP contribution in [-0.2, 0) is 19.5 Å². The maximum atomic E-state index is 10.6. The van der Waals surface area contributed by atoms with Crippen LogP contribution in [0.3, 0.4) is 0 Å². The molecule has 0 saturated heterocycles. The molecule has 2 heteroatoms. The van der Waals surface area contributed by atoms with Crippen LogP contribution in [0.4, 0.5) is 0 Å². The van der Waals surface area contributed by atoms with Crippen LogP contribution in [-0.4, -0.2) is 5.78 Å². The van der Waals surface area contributed by atoms with Crippen molar-refractivity contribution in [2.24, 2.45) is 0 Å². The third-order valence-corrected chi connectivity index (χ3v) is 1.18. The number of Topliss-reactive ketones (excluding diaryl/α,β-unsaturated/α-hetero) is 1. The average molecular weight is 186 g/mol. The second-order valence-electron chi connectivity index (χ2n) is 1.92. The fourth-order valence-corrected chi connectivity index (χ4v) is 0.673. The van der Waals surface area contributed by atoms with E-state index in [1.807, 2.05) is 30.3 Å². The van der Waals surface area contributed by atoms with Gasteiger partial charge in [-0.2, -0.15) is 0 Å². The molecule has 0 spiro atoms. The summed E-state index contributed by atoms with van der Waals surface area (Å²) in [7, 11) is 0. The van der Waals surface area contributed by atoms with Crippen LogP contribution in [0.1, 0.15) is 17.3 Å². The predicted octanol–water partition coefficient (Wildman–Crippen LogP) is 1.89. The summed E-state index contributed by atoms with van der Waals surface area (Å²) in [4.78, 5) is 10.6. The Morgan fingerprint density at radius 2 is 1.70 bits per heavy atom. The Labute approximate surface area is 73.2 Å². The standard InChI is InChI=1S/C8H8O.Zn/c1-7(9)8-5-3-2-4-6-8;/h2-6H,1H3;. The first kappa shape index (κ1) is 9.51. The number of carbonyl (C=O) groups is 1. The number of benzene rings is 1. The molecule has 1 rings (SSSR count). The molecule has 0 amide bonds. The van der Waals surface area contributed by atoms with Crippen molar-refractivity contribution in [1.29, 1.82) is 0 Å². The molecule has 0 aliphatic heterocycles. The molecule has 0 aliphatic carbocycles. The molecule has 10 heavy (non-hydrogen) atoms. The summed E-state index contributed by atoms with van der Waals surface area (Å²) >= 11 is 0. The van der Waals surface area contributed by atoms with Gasteiger partial charge in [0.2, 0.25) is 0 Å². The second kappa shape index (κ2) is 4.35. The van der Waals surface area contributed by atoms with Crippen molar-refractivity contribution < 1.29 is 24.3 Å². The van der Waals surface area contributed by atoms with Crippen molar-refractivity contribution in [3.8, 4) is 0 Å². The molecule has 1 aromatic rings. The van der Waals surface area contributed by atoms with Crippen molar-refractivity contribution in [1.82, 2.24) is 0 Å². The van der Waals surface area contributed by atoms with Crippen LogP contribution in [0.5, 0.6) is 0 Å². The minimum absolute atomic E-state index is 0. The molecule has 1 nitrogen and oxygen atoms in total. The molecule has 0 heterocycles. The molecule has 48 valence electrons. The number of ketones is 1. The summed E-state index contributed by atoms with van der Waals surface area (Å²) in [5.74, 6) is 0.121. The van der Waals surface area contributed by atoms with E-state index in [-0.39, 0.29) is 25.3 Å². The molecule has 0 unspecified atom stereocenters. The number of hydrogen-bond acceptors (Lipinski definition) is 1. The van der Waals surface area contributed by atoms with Crippen molar-refractivity contribution in [3.63, 3.8) is 0 Å². The van der Waals surface area contributed by atoms with E-state index in [0.717, 1.165) is 5.56 Å². The third kappa shape index (κ3) is 2.40. The summed E-state index contributed by atoms with van der Waals surface area (Å²) in [6, 6.07) is 9.23. The minimum atomic E-state index is 0. The van der Waals surface area contributed by atoms with Gasteiger partial charge in [-0.15, -0.1) is 0 Å².